The molecule has 4 aromatic carbocycles. The molecule has 0 aliphatic rings. The fourth-order valence-electron chi connectivity index (χ4n) is 4.32. The lowest BCUT2D eigenvalue weighted by Gasteiger charge is -2.18. The quantitative estimate of drug-likeness (QED) is 0.0947. The highest BCUT2D eigenvalue weighted by atomic mass is 16.6. The molecule has 256 valence electrons. The van der Waals surface area contributed by atoms with E-state index in [-0.39, 0.29) is 39.6 Å². The minimum atomic E-state index is -1.60. The lowest BCUT2D eigenvalue weighted by atomic mass is 10.0. The number of hydrogen-bond acceptors (Lipinski definition) is 10. The van der Waals surface area contributed by atoms with E-state index in [1.807, 2.05) is 0 Å². The maximum atomic E-state index is 13.5. The summed E-state index contributed by atoms with van der Waals surface area (Å²) in [6.45, 7) is 4.04. The number of anilines is 2. The van der Waals surface area contributed by atoms with E-state index in [4.69, 9.17) is 19.3 Å². The Morgan fingerprint density at radius 2 is 1.14 bits per heavy atom. The third kappa shape index (κ3) is 10.2. The zero-order valence-electron chi connectivity index (χ0n) is 27.2. The zero-order chi connectivity index (χ0) is 36.4. The Bertz CT molecular complexity index is 1930. The highest BCUT2D eigenvalue weighted by molar-refractivity contribution is 6.40. The largest absolute Gasteiger partial charge is 0.484 e. The van der Waals surface area contributed by atoms with Gasteiger partial charge in [0.05, 0.1) is 5.69 Å². The van der Waals surface area contributed by atoms with Gasteiger partial charge in [0.15, 0.2) is 19.0 Å². The maximum Gasteiger partial charge on any atom is 0.380 e. The van der Waals surface area contributed by atoms with Crippen LogP contribution in [-0.4, -0.2) is 65.0 Å². The molecule has 13 nitrogen and oxygen atoms in total. The highest BCUT2D eigenvalue weighted by Gasteiger charge is 2.24. The number of ketones is 3. The predicted octanol–water partition coefficient (Wildman–Crippen LogP) is 4.74. The van der Waals surface area contributed by atoms with Crippen LogP contribution >= 0.6 is 0 Å². The van der Waals surface area contributed by atoms with E-state index >= 15 is 0 Å². The predicted molar refractivity (Wildman–Crippen MR) is 180 cm³/mol. The van der Waals surface area contributed by atoms with Gasteiger partial charge in [-0.2, -0.15) is 0 Å². The van der Waals surface area contributed by atoms with Crippen LogP contribution in [0.25, 0.3) is 0 Å². The second-order valence-electron chi connectivity index (χ2n) is 11.6. The van der Waals surface area contributed by atoms with Crippen LogP contribution in [0.15, 0.2) is 97.1 Å². The average Bonchev–Trinajstić information content (AvgIpc) is 3.09. The molecule has 0 unspecified atom stereocenters. The molecule has 50 heavy (non-hydrogen) atoms. The Morgan fingerprint density at radius 3 is 1.66 bits per heavy atom. The molecule has 0 radical (unpaired) electrons. The molecule has 4 rings (SSSR count). The molecule has 0 spiro atoms. The van der Waals surface area contributed by atoms with Gasteiger partial charge >= 0.3 is 11.9 Å². The second-order valence-corrected chi connectivity index (χ2v) is 11.6. The van der Waals surface area contributed by atoms with Crippen molar-refractivity contribution in [3.05, 3.63) is 119 Å². The fraction of sp³-hybridized carbons (Fsp3) is 0.162. The monoisotopic (exact) mass is 680 g/mol. The summed E-state index contributed by atoms with van der Waals surface area (Å²) >= 11 is 0. The first kappa shape index (κ1) is 36.2. The molecule has 0 atom stereocenters. The molecule has 0 aromatic heterocycles. The number of carboxylic acid groups (broad SMARTS) is 1. The van der Waals surface area contributed by atoms with E-state index in [9.17, 15) is 33.6 Å². The normalized spacial score (nSPS) is 10.7. The number of Topliss-reactive ketones (excluding diaryl/α,β-unsaturated/α-hetero) is 2. The number of carboxylic acids is 1. The first-order valence-electron chi connectivity index (χ1n) is 15.0. The number of ether oxygens (including phenoxy) is 3. The van der Waals surface area contributed by atoms with Gasteiger partial charge in [0, 0.05) is 27.9 Å². The number of nitrogens with one attached hydrogen (secondary N) is 2. The summed E-state index contributed by atoms with van der Waals surface area (Å²) in [4.78, 5) is 85.8. The summed E-state index contributed by atoms with van der Waals surface area (Å²) in [5.41, 5.74) is -0.00286. The smallest absolute Gasteiger partial charge is 0.380 e. The first-order chi connectivity index (χ1) is 23.7. The molecule has 0 saturated carbocycles. The highest BCUT2D eigenvalue weighted by Crippen LogP contribution is 2.25. The van der Waals surface area contributed by atoms with Crippen LogP contribution in [0.5, 0.6) is 11.5 Å². The molecule has 3 N–H and O–H groups in total. The van der Waals surface area contributed by atoms with Crippen LogP contribution in [0.1, 0.15) is 57.4 Å². The van der Waals surface area contributed by atoms with Crippen molar-refractivity contribution >= 4 is 52.5 Å². The van der Waals surface area contributed by atoms with Crippen molar-refractivity contribution in [2.45, 2.75) is 26.4 Å². The van der Waals surface area contributed by atoms with Crippen molar-refractivity contribution in [1.29, 1.82) is 0 Å². The SMILES string of the molecule is CC(C)(C)OC(=O)C(=O)c1ccc(OCC(=O)Nc2ccc(NC(=O)COc3ccc(C(=O)C(=O)O)cc3)c(C(=O)c3ccccc3)c2)cc1. The number of hydrogen-bond donors (Lipinski definition) is 3. The molecule has 0 saturated heterocycles. The van der Waals surface area contributed by atoms with Crippen molar-refractivity contribution < 1.29 is 52.9 Å². The Labute approximate surface area is 286 Å². The average molecular weight is 681 g/mol. The number of amides is 2. The Balaban J connectivity index is 1.40. The van der Waals surface area contributed by atoms with Crippen LogP contribution in [0.4, 0.5) is 11.4 Å². The van der Waals surface area contributed by atoms with Gasteiger partial charge in [-0.25, -0.2) is 9.59 Å². The van der Waals surface area contributed by atoms with Gasteiger partial charge in [-0.1, -0.05) is 30.3 Å². The minimum Gasteiger partial charge on any atom is -0.484 e. The number of carbonyl (C=O) groups excluding carboxylic acids is 6. The lowest BCUT2D eigenvalue weighted by Crippen LogP contribution is -2.28. The van der Waals surface area contributed by atoms with E-state index < -0.39 is 59.9 Å². The van der Waals surface area contributed by atoms with Crippen LogP contribution in [0.2, 0.25) is 0 Å². The second kappa shape index (κ2) is 16.0. The first-order valence-corrected chi connectivity index (χ1v) is 15.0. The molecule has 0 heterocycles. The van der Waals surface area contributed by atoms with Crippen LogP contribution in [0.3, 0.4) is 0 Å². The summed E-state index contributed by atoms with van der Waals surface area (Å²) in [6.07, 6.45) is 0. The van der Waals surface area contributed by atoms with Crippen LogP contribution in [0, 0.1) is 0 Å². The molecule has 13 heteroatoms. The molecule has 0 aliphatic heterocycles. The fourth-order valence-corrected chi connectivity index (χ4v) is 4.32. The minimum absolute atomic E-state index is 0.0550. The van der Waals surface area contributed by atoms with E-state index in [1.54, 1.807) is 51.1 Å². The van der Waals surface area contributed by atoms with Gasteiger partial charge in [-0.15, -0.1) is 0 Å². The molecule has 0 fully saturated rings. The third-order valence-electron chi connectivity index (χ3n) is 6.61. The lowest BCUT2D eigenvalue weighted by molar-refractivity contribution is -0.148. The van der Waals surface area contributed by atoms with E-state index in [1.165, 1.54) is 66.7 Å². The van der Waals surface area contributed by atoms with Crippen molar-refractivity contribution in [2.75, 3.05) is 23.8 Å². The van der Waals surface area contributed by atoms with Gasteiger partial charge in [0.25, 0.3) is 23.4 Å². The number of benzene rings is 4. The molecule has 2 amide bonds. The number of rotatable bonds is 14. The number of esters is 1. The third-order valence-corrected chi connectivity index (χ3v) is 6.61. The summed E-state index contributed by atoms with van der Waals surface area (Å²) in [7, 11) is 0. The van der Waals surface area contributed by atoms with E-state index in [2.05, 4.69) is 10.6 Å². The Morgan fingerprint density at radius 1 is 0.620 bits per heavy atom. The van der Waals surface area contributed by atoms with Gasteiger partial charge < -0.3 is 30.0 Å². The van der Waals surface area contributed by atoms with Crippen LogP contribution < -0.4 is 20.1 Å². The maximum absolute atomic E-state index is 13.5. The molecule has 0 bridgehead atoms. The molecular formula is C37H32N2O11. The van der Waals surface area contributed by atoms with Gasteiger partial charge in [-0.05, 0) is 87.5 Å². The van der Waals surface area contributed by atoms with Crippen molar-refractivity contribution in [3.63, 3.8) is 0 Å². The molecule has 0 aliphatic carbocycles. The van der Waals surface area contributed by atoms with E-state index in [0.717, 1.165) is 0 Å². The number of carbonyl (C=O) groups is 7. The van der Waals surface area contributed by atoms with Gasteiger partial charge in [0.2, 0.25) is 0 Å². The molecule has 4 aromatic rings. The Kier molecular flexibility index (Phi) is 11.6. The summed E-state index contributed by atoms with van der Waals surface area (Å²) in [5, 5.41) is 14.1. The molecular weight excluding hydrogens is 648 g/mol. The number of aliphatic carboxylic acids is 1. The summed E-state index contributed by atoms with van der Waals surface area (Å²) in [6, 6.07) is 23.4. The van der Waals surface area contributed by atoms with Crippen molar-refractivity contribution in [2.24, 2.45) is 0 Å². The van der Waals surface area contributed by atoms with Gasteiger partial charge in [-0.3, -0.25) is 24.0 Å². The topological polar surface area (TPSA) is 191 Å². The van der Waals surface area contributed by atoms with Crippen LogP contribution in [-0.2, 0) is 23.9 Å². The van der Waals surface area contributed by atoms with Gasteiger partial charge in [0.1, 0.15) is 17.1 Å². The summed E-state index contributed by atoms with van der Waals surface area (Å²) in [5.74, 6) is -5.67. The summed E-state index contributed by atoms with van der Waals surface area (Å²) < 4.78 is 16.0. The zero-order valence-corrected chi connectivity index (χ0v) is 27.2. The standard InChI is InChI=1S/C37H32N2O11/c1-37(2,3)50-36(47)34(44)24-11-16-27(17-12-24)48-20-30(40)38-25-13-18-29(28(19-25)32(42)22-7-5-4-6-8-22)39-31(41)21-49-26-14-9-23(10-15-26)33(43)35(45)46/h4-19H,20-21H2,1-3H3,(H,38,40)(H,39,41)(H,45,46). The van der Waals surface area contributed by atoms with Crippen molar-refractivity contribution in [3.8, 4) is 11.5 Å². The van der Waals surface area contributed by atoms with Crippen molar-refractivity contribution in [1.82, 2.24) is 0 Å². The Hall–Kier alpha value is -6.63. The van der Waals surface area contributed by atoms with E-state index in [0.29, 0.717) is 5.56 Å².